The first-order valence-electron chi connectivity index (χ1n) is 13.8. The Hall–Kier alpha value is -2.79. The van der Waals surface area contributed by atoms with E-state index in [4.69, 9.17) is 4.74 Å². The molecule has 0 aliphatic carbocycles. The second-order valence-corrected chi connectivity index (χ2v) is 10.0. The molecule has 0 N–H and O–H groups in total. The van der Waals surface area contributed by atoms with E-state index in [2.05, 4.69) is 54.8 Å². The molecule has 1 heterocycles. The molecule has 3 aromatic carbocycles. The predicted molar refractivity (Wildman–Crippen MR) is 152 cm³/mol. The van der Waals surface area contributed by atoms with Crippen LogP contribution < -0.4 is 39.4 Å². The van der Waals surface area contributed by atoms with Crippen LogP contribution in [0.2, 0.25) is 0 Å². The minimum absolute atomic E-state index is 0. The minimum atomic E-state index is -1.22. The zero-order chi connectivity index (χ0) is 26.7. The Morgan fingerprint density at radius 1 is 0.795 bits per heavy atom. The molecule has 4 aromatic rings. The van der Waals surface area contributed by atoms with Crippen molar-refractivity contribution in [3.8, 4) is 17.0 Å². The quantitative estimate of drug-likeness (QED) is 0.185. The third-order valence-electron chi connectivity index (χ3n) is 7.12. The molecular formula is C34H38NNaO3. The number of ether oxygens (including phenoxy) is 1. The van der Waals surface area contributed by atoms with E-state index in [0.29, 0.717) is 5.75 Å². The van der Waals surface area contributed by atoms with Gasteiger partial charge in [0.1, 0.15) is 11.9 Å². The zero-order valence-corrected chi connectivity index (χ0v) is 25.6. The molecule has 0 saturated carbocycles. The number of hydrogen-bond donors (Lipinski definition) is 0. The summed E-state index contributed by atoms with van der Waals surface area (Å²) in [4.78, 5) is 11.7. The van der Waals surface area contributed by atoms with Crippen molar-refractivity contribution < 1.29 is 44.2 Å². The molecule has 4 rings (SSSR count). The zero-order valence-electron chi connectivity index (χ0n) is 23.6. The topological polar surface area (TPSA) is 54.3 Å². The Morgan fingerprint density at radius 3 is 2.10 bits per heavy atom. The van der Waals surface area contributed by atoms with E-state index in [1.54, 1.807) is 0 Å². The monoisotopic (exact) mass is 531 g/mol. The predicted octanol–water partition coefficient (Wildman–Crippen LogP) is 3.57. The number of nitrogens with zero attached hydrogens (tertiary/aromatic N) is 1. The number of aromatic nitrogens is 1. The van der Waals surface area contributed by atoms with Crippen LogP contribution in [0.4, 0.5) is 0 Å². The molecule has 0 radical (unpaired) electrons. The molecule has 0 bridgehead atoms. The molecule has 5 heteroatoms. The maximum absolute atomic E-state index is 11.7. The number of carbonyl (C=O) groups is 1. The SMILES string of the molecule is CCCCCCc1ccc(CCn2c(C)ccc2-c2ccc(O[C@H](Cc3ccccc3)C(=O)[O-])cc2)cc1.[Na+]. The van der Waals surface area contributed by atoms with Crippen molar-refractivity contribution in [2.75, 3.05) is 0 Å². The number of carboxylic acids is 1. The van der Waals surface area contributed by atoms with Crippen molar-refractivity contribution >= 4 is 5.97 Å². The van der Waals surface area contributed by atoms with Crippen molar-refractivity contribution in [1.29, 1.82) is 0 Å². The Bertz CT molecular complexity index is 1280. The average molecular weight is 532 g/mol. The molecule has 0 aliphatic rings. The summed E-state index contributed by atoms with van der Waals surface area (Å²) in [5, 5.41) is 11.7. The summed E-state index contributed by atoms with van der Waals surface area (Å²) in [7, 11) is 0. The first kappa shape index (κ1) is 30.7. The second kappa shape index (κ2) is 15.7. The molecule has 1 aromatic heterocycles. The summed E-state index contributed by atoms with van der Waals surface area (Å²) in [5.74, 6) is -0.699. The van der Waals surface area contributed by atoms with E-state index < -0.39 is 12.1 Å². The van der Waals surface area contributed by atoms with Crippen LogP contribution >= 0.6 is 0 Å². The van der Waals surface area contributed by atoms with Gasteiger partial charge in [-0.3, -0.25) is 0 Å². The van der Waals surface area contributed by atoms with Crippen LogP contribution in [0.3, 0.4) is 0 Å². The van der Waals surface area contributed by atoms with Gasteiger partial charge in [-0.2, -0.15) is 0 Å². The largest absolute Gasteiger partial charge is 1.00 e. The minimum Gasteiger partial charge on any atom is -0.546 e. The van der Waals surface area contributed by atoms with Crippen molar-refractivity contribution in [1.82, 2.24) is 4.57 Å². The van der Waals surface area contributed by atoms with Crippen molar-refractivity contribution in [2.24, 2.45) is 0 Å². The third kappa shape index (κ3) is 9.13. The van der Waals surface area contributed by atoms with Gasteiger partial charge in [-0.15, -0.1) is 0 Å². The summed E-state index contributed by atoms with van der Waals surface area (Å²) in [6.07, 6.45) is 6.51. The summed E-state index contributed by atoms with van der Waals surface area (Å²) in [6.45, 7) is 5.28. The standard InChI is InChI=1S/C34H39NO3.Na/c1-3-4-5-7-10-27-14-16-28(17-15-27)23-24-35-26(2)13-22-32(35)30-18-20-31(21-19-30)38-33(34(36)37)25-29-11-8-6-9-12-29;/h6,8-9,11-22,33H,3-5,7,10,23-25H2,1-2H3,(H,36,37);/q;+1/p-1/t33-;/m1./s1. The van der Waals surface area contributed by atoms with E-state index in [-0.39, 0.29) is 36.0 Å². The summed E-state index contributed by atoms with van der Waals surface area (Å²) in [6, 6.07) is 30.5. The number of hydrogen-bond acceptors (Lipinski definition) is 3. The van der Waals surface area contributed by atoms with Crippen LogP contribution in [0.5, 0.6) is 5.75 Å². The second-order valence-electron chi connectivity index (χ2n) is 10.0. The molecule has 1 atom stereocenters. The number of aliphatic carboxylic acids is 1. The molecule has 0 saturated heterocycles. The molecule has 0 fully saturated rings. The Labute approximate surface area is 255 Å². The van der Waals surface area contributed by atoms with Gasteiger partial charge >= 0.3 is 29.6 Å². The Morgan fingerprint density at radius 2 is 1.46 bits per heavy atom. The smallest absolute Gasteiger partial charge is 0.546 e. The summed E-state index contributed by atoms with van der Waals surface area (Å²) in [5.41, 5.74) is 7.09. The van der Waals surface area contributed by atoms with Gasteiger partial charge in [0.25, 0.3) is 0 Å². The summed E-state index contributed by atoms with van der Waals surface area (Å²) >= 11 is 0. The van der Waals surface area contributed by atoms with Gasteiger partial charge in [0.05, 0.1) is 5.97 Å². The number of carboxylic acid groups (broad SMARTS) is 1. The number of aryl methyl sites for hydroxylation is 3. The fraction of sp³-hybridized carbons (Fsp3) is 0.324. The van der Waals surface area contributed by atoms with Crippen molar-refractivity contribution in [3.05, 3.63) is 113 Å². The molecular weight excluding hydrogens is 493 g/mol. The van der Waals surface area contributed by atoms with Gasteiger partial charge in [0, 0.05) is 24.4 Å². The van der Waals surface area contributed by atoms with E-state index >= 15 is 0 Å². The van der Waals surface area contributed by atoms with Crippen LogP contribution in [0.15, 0.2) is 91.0 Å². The van der Waals surface area contributed by atoms with Gasteiger partial charge in [-0.25, -0.2) is 0 Å². The molecule has 198 valence electrons. The molecule has 0 unspecified atom stereocenters. The normalized spacial score (nSPS) is 11.5. The molecule has 4 nitrogen and oxygen atoms in total. The van der Waals surface area contributed by atoms with Crippen LogP contribution in [-0.4, -0.2) is 16.6 Å². The van der Waals surface area contributed by atoms with Gasteiger partial charge in [0.2, 0.25) is 0 Å². The average Bonchev–Trinajstić information content (AvgIpc) is 3.31. The first-order valence-corrected chi connectivity index (χ1v) is 13.8. The van der Waals surface area contributed by atoms with Gasteiger partial charge in [-0.1, -0.05) is 80.8 Å². The van der Waals surface area contributed by atoms with E-state index in [1.807, 2.05) is 54.6 Å². The van der Waals surface area contributed by atoms with Crippen LogP contribution in [-0.2, 0) is 30.6 Å². The molecule has 0 aliphatic heterocycles. The van der Waals surface area contributed by atoms with Gasteiger partial charge in [0.15, 0.2) is 0 Å². The molecule has 0 spiro atoms. The number of benzene rings is 3. The van der Waals surface area contributed by atoms with Crippen molar-refractivity contribution in [3.63, 3.8) is 0 Å². The summed E-state index contributed by atoms with van der Waals surface area (Å²) < 4.78 is 8.13. The maximum Gasteiger partial charge on any atom is 1.00 e. The van der Waals surface area contributed by atoms with Gasteiger partial charge in [-0.05, 0) is 84.8 Å². The van der Waals surface area contributed by atoms with Crippen molar-refractivity contribution in [2.45, 2.75) is 71.4 Å². The number of rotatable bonds is 14. The van der Waals surface area contributed by atoms with E-state index in [9.17, 15) is 9.90 Å². The maximum atomic E-state index is 11.7. The Balaban J connectivity index is 0.00000420. The number of carbonyl (C=O) groups excluding carboxylic acids is 1. The third-order valence-corrected chi connectivity index (χ3v) is 7.12. The van der Waals surface area contributed by atoms with Crippen LogP contribution in [0.1, 0.15) is 55.0 Å². The van der Waals surface area contributed by atoms with E-state index in [0.717, 1.165) is 36.2 Å². The van der Waals surface area contributed by atoms with E-state index in [1.165, 1.54) is 42.5 Å². The fourth-order valence-corrected chi connectivity index (χ4v) is 4.86. The first-order chi connectivity index (χ1) is 18.5. The van der Waals surface area contributed by atoms with Crippen LogP contribution in [0, 0.1) is 6.92 Å². The molecule has 39 heavy (non-hydrogen) atoms. The van der Waals surface area contributed by atoms with Crippen LogP contribution in [0.25, 0.3) is 11.3 Å². The Kier molecular flexibility index (Phi) is 12.4. The fourth-order valence-electron chi connectivity index (χ4n) is 4.86. The van der Waals surface area contributed by atoms with Gasteiger partial charge < -0.3 is 19.2 Å². The number of unbranched alkanes of at least 4 members (excludes halogenated alkanes) is 3. The molecule has 0 amide bonds.